The second-order valence-corrected chi connectivity index (χ2v) is 7.01. The van der Waals surface area contributed by atoms with Crippen LogP contribution in [-0.2, 0) is 9.59 Å². The predicted octanol–water partition coefficient (Wildman–Crippen LogP) is 1.87. The van der Waals surface area contributed by atoms with Gasteiger partial charge in [0.25, 0.3) is 0 Å². The Hall–Kier alpha value is -1.10. The first-order valence-corrected chi connectivity index (χ1v) is 8.18. The third-order valence-electron chi connectivity index (χ3n) is 5.16. The third kappa shape index (κ3) is 3.76. The molecule has 120 valence electrons. The number of nitrogens with one attached hydrogen (secondary N) is 1. The zero-order valence-electron chi connectivity index (χ0n) is 13.2. The Morgan fingerprint density at radius 2 is 1.90 bits per heavy atom. The quantitative estimate of drug-likeness (QED) is 0.834. The van der Waals surface area contributed by atoms with Gasteiger partial charge in [-0.2, -0.15) is 0 Å². The molecule has 0 aromatic carbocycles. The topological polar surface area (TPSA) is 69.6 Å². The summed E-state index contributed by atoms with van der Waals surface area (Å²) in [5.41, 5.74) is -0.768. The van der Waals surface area contributed by atoms with Crippen LogP contribution in [0.15, 0.2) is 0 Å². The molecule has 2 heterocycles. The van der Waals surface area contributed by atoms with E-state index in [0.29, 0.717) is 6.54 Å². The maximum Gasteiger partial charge on any atom is 0.309 e. The fraction of sp³-hybridized carbons (Fsp3) is 0.875. The predicted molar refractivity (Wildman–Crippen MR) is 81.0 cm³/mol. The molecule has 2 atom stereocenters. The number of hydrogen-bond donors (Lipinski definition) is 2. The molecule has 2 fully saturated rings. The summed E-state index contributed by atoms with van der Waals surface area (Å²) in [5.74, 6) is -0.560. The van der Waals surface area contributed by atoms with Gasteiger partial charge in [-0.05, 0) is 52.0 Å². The zero-order valence-corrected chi connectivity index (χ0v) is 13.2. The third-order valence-corrected chi connectivity index (χ3v) is 5.16. The summed E-state index contributed by atoms with van der Waals surface area (Å²) in [5, 5.41) is 12.7. The number of carbonyl (C=O) groups is 2. The molecule has 2 unspecified atom stereocenters. The minimum absolute atomic E-state index is 0.0403. The van der Waals surface area contributed by atoms with Crippen molar-refractivity contribution in [2.24, 2.45) is 11.3 Å². The molecule has 2 saturated heterocycles. The normalized spacial score (nSPS) is 28.0. The molecule has 5 heteroatoms. The van der Waals surface area contributed by atoms with Crippen LogP contribution in [0.2, 0.25) is 0 Å². The van der Waals surface area contributed by atoms with Gasteiger partial charge in [0.2, 0.25) is 5.91 Å². The van der Waals surface area contributed by atoms with Crippen molar-refractivity contribution in [2.75, 3.05) is 19.6 Å². The lowest BCUT2D eigenvalue weighted by Crippen LogP contribution is -2.52. The van der Waals surface area contributed by atoms with Gasteiger partial charge in [0.15, 0.2) is 0 Å². The first-order chi connectivity index (χ1) is 9.93. The highest BCUT2D eigenvalue weighted by Gasteiger charge is 2.40. The molecule has 2 aliphatic rings. The Kier molecular flexibility index (Phi) is 5.25. The number of carbonyl (C=O) groups excluding carboxylic acids is 1. The molecule has 0 radical (unpaired) electrons. The van der Waals surface area contributed by atoms with E-state index in [0.717, 1.165) is 45.2 Å². The Balaban J connectivity index is 1.99. The summed E-state index contributed by atoms with van der Waals surface area (Å²) in [4.78, 5) is 26.0. The second kappa shape index (κ2) is 6.77. The van der Waals surface area contributed by atoms with Crippen molar-refractivity contribution < 1.29 is 14.7 Å². The van der Waals surface area contributed by atoms with Crippen molar-refractivity contribution in [1.82, 2.24) is 10.2 Å². The van der Waals surface area contributed by atoms with Gasteiger partial charge in [-0.15, -0.1) is 0 Å². The lowest BCUT2D eigenvalue weighted by Gasteiger charge is -2.40. The van der Waals surface area contributed by atoms with Crippen LogP contribution in [0.3, 0.4) is 0 Å². The van der Waals surface area contributed by atoms with Crippen LogP contribution in [0, 0.1) is 11.3 Å². The summed E-state index contributed by atoms with van der Waals surface area (Å²) in [7, 11) is 0. The Morgan fingerprint density at radius 3 is 2.62 bits per heavy atom. The highest BCUT2D eigenvalue weighted by Crippen LogP contribution is 2.34. The summed E-state index contributed by atoms with van der Waals surface area (Å²) in [6.07, 6.45) is 6.12. The molecule has 0 bridgehead atoms. The number of carboxylic acids is 1. The fourth-order valence-electron chi connectivity index (χ4n) is 3.40. The van der Waals surface area contributed by atoms with E-state index in [9.17, 15) is 14.7 Å². The molecule has 0 saturated carbocycles. The van der Waals surface area contributed by atoms with E-state index in [1.165, 1.54) is 6.42 Å². The zero-order chi connectivity index (χ0) is 15.5. The van der Waals surface area contributed by atoms with Crippen molar-refractivity contribution in [1.29, 1.82) is 0 Å². The Morgan fingerprint density at radius 1 is 1.14 bits per heavy atom. The number of amides is 1. The number of aliphatic carboxylic acids is 1. The molecular weight excluding hydrogens is 268 g/mol. The second-order valence-electron chi connectivity index (χ2n) is 7.01. The molecule has 2 aliphatic heterocycles. The largest absolute Gasteiger partial charge is 0.481 e. The monoisotopic (exact) mass is 296 g/mol. The summed E-state index contributed by atoms with van der Waals surface area (Å²) in [6.45, 7) is 5.81. The van der Waals surface area contributed by atoms with E-state index < -0.39 is 11.4 Å². The maximum absolute atomic E-state index is 12.7. The minimum Gasteiger partial charge on any atom is -0.481 e. The molecule has 0 aromatic rings. The minimum atomic E-state index is -0.769. The van der Waals surface area contributed by atoms with Crippen molar-refractivity contribution in [3.8, 4) is 0 Å². The van der Waals surface area contributed by atoms with Gasteiger partial charge in [0.1, 0.15) is 0 Å². The van der Waals surface area contributed by atoms with Crippen LogP contribution in [0.5, 0.6) is 0 Å². The molecule has 5 nitrogen and oxygen atoms in total. The summed E-state index contributed by atoms with van der Waals surface area (Å²) < 4.78 is 0. The standard InChI is InChI=1S/C16H28N2O3/c1-16(2,15(20)21)12-7-6-10-18(11-12)14(19)13-8-4-3-5-9-17-13/h12-13,17H,3-11H2,1-2H3,(H,20,21). The van der Waals surface area contributed by atoms with Crippen LogP contribution in [0.25, 0.3) is 0 Å². The van der Waals surface area contributed by atoms with E-state index in [1.807, 2.05) is 4.90 Å². The van der Waals surface area contributed by atoms with E-state index >= 15 is 0 Å². The number of piperidine rings is 1. The van der Waals surface area contributed by atoms with Gasteiger partial charge in [0, 0.05) is 13.1 Å². The van der Waals surface area contributed by atoms with Crippen LogP contribution in [0.1, 0.15) is 52.4 Å². The number of carboxylic acid groups (broad SMARTS) is 1. The molecule has 0 aromatic heterocycles. The van der Waals surface area contributed by atoms with Crippen LogP contribution >= 0.6 is 0 Å². The van der Waals surface area contributed by atoms with Crippen molar-refractivity contribution in [2.45, 2.75) is 58.4 Å². The Bertz CT molecular complexity index is 387. The van der Waals surface area contributed by atoms with E-state index in [1.54, 1.807) is 13.8 Å². The van der Waals surface area contributed by atoms with E-state index in [2.05, 4.69) is 5.32 Å². The fourth-order valence-corrected chi connectivity index (χ4v) is 3.40. The number of nitrogens with zero attached hydrogens (tertiary/aromatic N) is 1. The molecule has 0 aliphatic carbocycles. The molecule has 2 rings (SSSR count). The SMILES string of the molecule is CC(C)(C(=O)O)C1CCCN(C(=O)C2CCCCCN2)C1. The summed E-state index contributed by atoms with van der Waals surface area (Å²) >= 11 is 0. The lowest BCUT2D eigenvalue weighted by atomic mass is 9.74. The molecule has 21 heavy (non-hydrogen) atoms. The molecule has 2 N–H and O–H groups in total. The average molecular weight is 296 g/mol. The lowest BCUT2D eigenvalue weighted by molar-refractivity contribution is -0.153. The molecular formula is C16H28N2O3. The van der Waals surface area contributed by atoms with Gasteiger partial charge in [-0.25, -0.2) is 0 Å². The molecule has 0 spiro atoms. The van der Waals surface area contributed by atoms with Gasteiger partial charge < -0.3 is 15.3 Å². The number of rotatable bonds is 3. The van der Waals surface area contributed by atoms with Gasteiger partial charge in [-0.3, -0.25) is 9.59 Å². The van der Waals surface area contributed by atoms with E-state index in [4.69, 9.17) is 0 Å². The smallest absolute Gasteiger partial charge is 0.309 e. The number of hydrogen-bond acceptors (Lipinski definition) is 3. The van der Waals surface area contributed by atoms with Crippen molar-refractivity contribution in [3.63, 3.8) is 0 Å². The highest BCUT2D eigenvalue weighted by atomic mass is 16.4. The first-order valence-electron chi connectivity index (χ1n) is 8.18. The average Bonchev–Trinajstić information content (AvgIpc) is 2.75. The Labute approximate surface area is 127 Å². The maximum atomic E-state index is 12.7. The van der Waals surface area contributed by atoms with Gasteiger partial charge >= 0.3 is 5.97 Å². The summed E-state index contributed by atoms with van der Waals surface area (Å²) in [6, 6.07) is -0.0702. The number of likely N-dealkylation sites (tertiary alicyclic amines) is 1. The first kappa shape index (κ1) is 16.3. The van der Waals surface area contributed by atoms with Gasteiger partial charge in [-0.1, -0.05) is 12.8 Å². The van der Waals surface area contributed by atoms with Gasteiger partial charge in [0.05, 0.1) is 11.5 Å². The van der Waals surface area contributed by atoms with Crippen LogP contribution in [-0.4, -0.2) is 47.6 Å². The highest BCUT2D eigenvalue weighted by molar-refractivity contribution is 5.82. The van der Waals surface area contributed by atoms with Crippen molar-refractivity contribution >= 4 is 11.9 Å². The van der Waals surface area contributed by atoms with E-state index in [-0.39, 0.29) is 17.9 Å². The van der Waals surface area contributed by atoms with Crippen molar-refractivity contribution in [3.05, 3.63) is 0 Å². The van der Waals surface area contributed by atoms with Crippen LogP contribution in [0.4, 0.5) is 0 Å². The van der Waals surface area contributed by atoms with Crippen LogP contribution < -0.4 is 5.32 Å². The molecule has 1 amide bonds.